The number of β-amino-alcohol motifs (C(OH)–C–C–N with tert-alkyl or cyclic N) is 1. The average Bonchev–Trinajstić information content (AvgIpc) is 3.48. The molecule has 2 aromatic rings. The summed E-state index contributed by atoms with van der Waals surface area (Å²) in [6, 6.07) is 17.5. The number of amides is 1. The molecule has 0 aliphatic carbocycles. The molecule has 236 valence electrons. The first-order chi connectivity index (χ1) is 21.1. The van der Waals surface area contributed by atoms with Gasteiger partial charge in [-0.15, -0.1) is 0 Å². The second kappa shape index (κ2) is 15.9. The Bertz CT molecular complexity index is 1130. The van der Waals surface area contributed by atoms with Crippen LogP contribution in [0.4, 0.5) is 5.69 Å². The zero-order valence-electron chi connectivity index (χ0n) is 25.5. The zero-order chi connectivity index (χ0) is 29.9. The van der Waals surface area contributed by atoms with E-state index in [9.17, 15) is 15.0 Å². The van der Waals surface area contributed by atoms with Crippen molar-refractivity contribution < 1.29 is 19.5 Å². The molecule has 4 atom stereocenters. The maximum atomic E-state index is 13.2. The van der Waals surface area contributed by atoms with Crippen molar-refractivity contribution in [1.82, 2.24) is 26.4 Å². The molecule has 10 heteroatoms. The molecule has 3 aliphatic rings. The zero-order valence-corrected chi connectivity index (χ0v) is 25.5. The predicted molar refractivity (Wildman–Crippen MR) is 170 cm³/mol. The molecule has 0 saturated carbocycles. The monoisotopic (exact) mass is 594 g/mol. The summed E-state index contributed by atoms with van der Waals surface area (Å²) < 4.78 is 1.11. The van der Waals surface area contributed by atoms with Crippen LogP contribution in [0.15, 0.2) is 54.6 Å². The molecule has 0 radical (unpaired) electrons. The van der Waals surface area contributed by atoms with Crippen molar-refractivity contribution in [3.05, 3.63) is 65.7 Å². The minimum atomic E-state index is -0.257. The number of anilines is 1. The molecule has 3 saturated heterocycles. The molecular weight excluding hydrogens is 542 g/mol. The van der Waals surface area contributed by atoms with Crippen molar-refractivity contribution in [2.45, 2.75) is 75.8 Å². The van der Waals surface area contributed by atoms with E-state index in [1.807, 2.05) is 54.6 Å². The van der Waals surface area contributed by atoms with Gasteiger partial charge in [0.1, 0.15) is 18.9 Å². The Morgan fingerprint density at radius 2 is 1.72 bits per heavy atom. The lowest BCUT2D eigenvalue weighted by molar-refractivity contribution is -0.960. The van der Waals surface area contributed by atoms with Gasteiger partial charge < -0.3 is 25.3 Å². The first kappa shape index (κ1) is 31.8. The summed E-state index contributed by atoms with van der Waals surface area (Å²) in [7, 11) is 0. The largest absolute Gasteiger partial charge is 0.396 e. The summed E-state index contributed by atoms with van der Waals surface area (Å²) >= 11 is 0. The fraction of sp³-hybridized carbons (Fsp3) is 0.606. The second-order valence-corrected chi connectivity index (χ2v) is 12.4. The normalized spacial score (nSPS) is 25.4. The Balaban J connectivity index is 1.24. The minimum absolute atomic E-state index is 0.00545. The van der Waals surface area contributed by atoms with E-state index >= 15 is 0 Å². The molecule has 0 bridgehead atoms. The van der Waals surface area contributed by atoms with Crippen LogP contribution in [0.1, 0.15) is 73.3 Å². The molecule has 2 aromatic carbocycles. The highest BCUT2D eigenvalue weighted by atomic mass is 16.3. The summed E-state index contributed by atoms with van der Waals surface area (Å²) in [6.07, 6.45) is 9.60. The van der Waals surface area contributed by atoms with E-state index in [1.54, 1.807) is 0 Å². The summed E-state index contributed by atoms with van der Waals surface area (Å²) in [4.78, 5) is 15.6. The lowest BCUT2D eigenvalue weighted by atomic mass is 10.0. The minimum Gasteiger partial charge on any atom is -0.396 e. The summed E-state index contributed by atoms with van der Waals surface area (Å²) in [5.41, 5.74) is 9.59. The van der Waals surface area contributed by atoms with Crippen LogP contribution in [0.3, 0.4) is 0 Å². The highest BCUT2D eigenvalue weighted by Gasteiger charge is 2.49. The first-order valence-electron chi connectivity index (χ1n) is 16.4. The van der Waals surface area contributed by atoms with Gasteiger partial charge in [-0.1, -0.05) is 49.2 Å². The average molecular weight is 595 g/mol. The van der Waals surface area contributed by atoms with E-state index in [4.69, 9.17) is 0 Å². The van der Waals surface area contributed by atoms with Crippen LogP contribution in [0.2, 0.25) is 0 Å². The van der Waals surface area contributed by atoms with Gasteiger partial charge in [-0.25, -0.2) is 10.9 Å². The highest BCUT2D eigenvalue weighted by Crippen LogP contribution is 2.30. The van der Waals surface area contributed by atoms with Gasteiger partial charge in [-0.05, 0) is 55.9 Å². The van der Waals surface area contributed by atoms with Crippen LogP contribution in [0.5, 0.6) is 0 Å². The Labute approximate surface area is 256 Å². The quantitative estimate of drug-likeness (QED) is 0.198. The van der Waals surface area contributed by atoms with E-state index in [0.29, 0.717) is 31.1 Å². The van der Waals surface area contributed by atoms with Crippen LogP contribution in [-0.4, -0.2) is 96.5 Å². The van der Waals surface area contributed by atoms with E-state index < -0.39 is 0 Å². The molecule has 3 fully saturated rings. The van der Waals surface area contributed by atoms with Gasteiger partial charge in [-0.3, -0.25) is 15.0 Å². The molecule has 0 aromatic heterocycles. The molecule has 3 heterocycles. The topological polar surface area (TPSA) is 121 Å². The number of carbonyl (C=O) groups is 1. The lowest BCUT2D eigenvalue weighted by Crippen LogP contribution is -2.71. The van der Waals surface area contributed by atoms with Gasteiger partial charge in [0.15, 0.2) is 0 Å². The summed E-state index contributed by atoms with van der Waals surface area (Å²) in [5.74, 6) is -0.169. The molecule has 3 aliphatic heterocycles. The number of nitrogens with zero attached hydrogens (tertiary/aromatic N) is 2. The van der Waals surface area contributed by atoms with Crippen molar-refractivity contribution in [2.24, 2.45) is 0 Å². The Kier molecular flexibility index (Phi) is 11.8. The van der Waals surface area contributed by atoms with Crippen LogP contribution in [0, 0.1) is 0 Å². The van der Waals surface area contributed by atoms with Gasteiger partial charge in [-0.2, -0.15) is 0 Å². The molecule has 7 N–H and O–H groups in total. The number of quaternary nitrogens is 1. The van der Waals surface area contributed by atoms with Gasteiger partial charge in [0.2, 0.25) is 0 Å². The van der Waals surface area contributed by atoms with Crippen molar-refractivity contribution in [3.63, 3.8) is 0 Å². The van der Waals surface area contributed by atoms with Crippen molar-refractivity contribution in [1.29, 1.82) is 0 Å². The van der Waals surface area contributed by atoms with Crippen molar-refractivity contribution in [2.75, 3.05) is 57.9 Å². The number of aliphatic hydroxyl groups excluding tert-OH is 2. The first-order valence-corrected chi connectivity index (χ1v) is 16.4. The van der Waals surface area contributed by atoms with Gasteiger partial charge in [0, 0.05) is 43.9 Å². The smallest absolute Gasteiger partial charge is 0.251 e. The maximum Gasteiger partial charge on any atom is 0.251 e. The number of hydrogen-bond acceptors (Lipinski definition) is 8. The third-order valence-electron chi connectivity index (χ3n) is 9.63. The number of carbonyl (C=O) groups excluding carboxylic acids is 1. The van der Waals surface area contributed by atoms with Crippen LogP contribution >= 0.6 is 0 Å². The number of nitrogens with one attached hydrogen (secondary N) is 5. The molecule has 43 heavy (non-hydrogen) atoms. The van der Waals surface area contributed by atoms with Crippen LogP contribution in [0.25, 0.3) is 0 Å². The Morgan fingerprint density at radius 3 is 2.47 bits per heavy atom. The third-order valence-corrected chi connectivity index (χ3v) is 9.63. The van der Waals surface area contributed by atoms with E-state index in [0.717, 1.165) is 35.4 Å². The summed E-state index contributed by atoms with van der Waals surface area (Å²) in [5, 5.41) is 30.0. The summed E-state index contributed by atoms with van der Waals surface area (Å²) in [6.45, 7) is 5.79. The number of benzene rings is 2. The molecule has 5 rings (SSSR count). The van der Waals surface area contributed by atoms with Crippen LogP contribution in [-0.2, 0) is 0 Å². The van der Waals surface area contributed by atoms with Gasteiger partial charge in [0.25, 0.3) is 5.91 Å². The predicted octanol–water partition coefficient (Wildman–Crippen LogP) is 2.50. The number of hydrogen-bond donors (Lipinski definition) is 7. The van der Waals surface area contributed by atoms with E-state index in [-0.39, 0.29) is 37.5 Å². The van der Waals surface area contributed by atoms with Crippen molar-refractivity contribution >= 4 is 11.6 Å². The number of aliphatic hydroxyl groups is 2. The number of hydrazine groups is 1. The highest BCUT2D eigenvalue weighted by molar-refractivity contribution is 5.95. The standard InChI is InChI=1S/C33H51N7O3/c41-21-16-29(26-11-6-5-7-12-26)36-33(43)27-13-10-14-28(23-27)35-24-31-37-38-32(39(31)18-22-42)30-15-17-34-25-40(30)19-8-3-1-2-4-9-20-40/h5-7,10-14,23,29-32,34-35,37-38,41-42H,1-4,8-9,15-22,24-25H2/p+1/t29-,30?,31?,32?/m0/s1. The van der Waals surface area contributed by atoms with E-state index in [2.05, 4.69) is 31.7 Å². The fourth-order valence-electron chi connectivity index (χ4n) is 7.36. The molecule has 3 unspecified atom stereocenters. The molecular formula is C33H52N7O3+. The van der Waals surface area contributed by atoms with Gasteiger partial charge in [0.05, 0.1) is 31.9 Å². The van der Waals surface area contributed by atoms with Crippen LogP contribution < -0.4 is 26.8 Å². The SMILES string of the molecule is O=C(N[C@@H](CCO)c1ccccc1)c1cccc(NCC2NNC(C3CCNC[N+]34CCCCCCCC4)N2CCO)c1. The molecule has 1 spiro atoms. The second-order valence-electron chi connectivity index (χ2n) is 12.4. The Morgan fingerprint density at radius 1 is 0.953 bits per heavy atom. The third kappa shape index (κ3) is 8.13. The van der Waals surface area contributed by atoms with E-state index in [1.165, 1.54) is 51.6 Å². The van der Waals surface area contributed by atoms with Gasteiger partial charge >= 0.3 is 0 Å². The number of rotatable bonds is 11. The maximum absolute atomic E-state index is 13.2. The Hall–Kier alpha value is -2.57. The fourth-order valence-corrected chi connectivity index (χ4v) is 7.36. The van der Waals surface area contributed by atoms with Crippen molar-refractivity contribution in [3.8, 4) is 0 Å². The lowest BCUT2D eigenvalue weighted by Gasteiger charge is -2.51. The molecule has 1 amide bonds. The molecule has 10 nitrogen and oxygen atoms in total.